The van der Waals surface area contributed by atoms with Crippen LogP contribution in [0.25, 0.3) is 0 Å². The van der Waals surface area contributed by atoms with Crippen molar-refractivity contribution >= 4 is 17.5 Å². The lowest BCUT2D eigenvalue weighted by molar-refractivity contribution is 0.475. The highest BCUT2D eigenvalue weighted by atomic mass is 16.3. The van der Waals surface area contributed by atoms with Gasteiger partial charge in [-0.3, -0.25) is 0 Å². The standard InChI is InChI=1S/C19H20N4O/c1-14-13-21-19(22-16-5-3-2-4-6-16)23-18(14)20-12-11-15-7-9-17(24)10-8-15/h2-10,13,24H,11-12H2,1H3,(H2,20,21,22,23). The maximum atomic E-state index is 9.31. The Morgan fingerprint density at radius 3 is 2.50 bits per heavy atom. The van der Waals surface area contributed by atoms with Gasteiger partial charge in [0.25, 0.3) is 0 Å². The average molecular weight is 320 g/mol. The Bertz CT molecular complexity index is 788. The van der Waals surface area contributed by atoms with E-state index >= 15 is 0 Å². The van der Waals surface area contributed by atoms with Gasteiger partial charge in [0, 0.05) is 24.0 Å². The molecule has 0 atom stereocenters. The number of nitrogens with one attached hydrogen (secondary N) is 2. The SMILES string of the molecule is Cc1cnc(Nc2ccccc2)nc1NCCc1ccc(O)cc1. The quantitative estimate of drug-likeness (QED) is 0.643. The summed E-state index contributed by atoms with van der Waals surface area (Å²) >= 11 is 0. The molecule has 0 spiro atoms. The van der Waals surface area contributed by atoms with Crippen LogP contribution in [0.3, 0.4) is 0 Å². The summed E-state index contributed by atoms with van der Waals surface area (Å²) in [6.07, 6.45) is 2.66. The molecule has 0 aliphatic carbocycles. The molecule has 0 saturated heterocycles. The number of para-hydroxylation sites is 1. The summed E-state index contributed by atoms with van der Waals surface area (Å²) in [4.78, 5) is 8.86. The van der Waals surface area contributed by atoms with Gasteiger partial charge in [-0.1, -0.05) is 30.3 Å². The van der Waals surface area contributed by atoms with Crippen molar-refractivity contribution in [1.82, 2.24) is 9.97 Å². The fraction of sp³-hybridized carbons (Fsp3) is 0.158. The molecule has 0 aliphatic rings. The number of phenols is 1. The Balaban J connectivity index is 1.62. The lowest BCUT2D eigenvalue weighted by atomic mass is 10.1. The minimum absolute atomic E-state index is 0.287. The molecule has 3 N–H and O–H groups in total. The van der Waals surface area contributed by atoms with Gasteiger partial charge in [-0.25, -0.2) is 4.98 Å². The van der Waals surface area contributed by atoms with Crippen LogP contribution in [-0.4, -0.2) is 21.6 Å². The van der Waals surface area contributed by atoms with Gasteiger partial charge in [0.05, 0.1) is 0 Å². The Morgan fingerprint density at radius 2 is 1.75 bits per heavy atom. The maximum Gasteiger partial charge on any atom is 0.229 e. The highest BCUT2D eigenvalue weighted by Crippen LogP contribution is 2.17. The van der Waals surface area contributed by atoms with Crippen LogP contribution in [0.2, 0.25) is 0 Å². The molecule has 0 radical (unpaired) electrons. The number of benzene rings is 2. The third-order valence-electron chi connectivity index (χ3n) is 3.64. The second-order valence-corrected chi connectivity index (χ2v) is 5.56. The smallest absolute Gasteiger partial charge is 0.229 e. The summed E-state index contributed by atoms with van der Waals surface area (Å²) in [5.41, 5.74) is 3.12. The van der Waals surface area contributed by atoms with Crippen LogP contribution in [0.4, 0.5) is 17.5 Å². The third-order valence-corrected chi connectivity index (χ3v) is 3.64. The predicted octanol–water partition coefficient (Wildman–Crippen LogP) is 3.89. The largest absolute Gasteiger partial charge is 0.508 e. The minimum atomic E-state index is 0.287. The zero-order valence-corrected chi connectivity index (χ0v) is 13.5. The van der Waals surface area contributed by atoms with E-state index < -0.39 is 0 Å². The molecule has 0 unspecified atom stereocenters. The molecule has 3 aromatic rings. The first-order valence-corrected chi connectivity index (χ1v) is 7.88. The summed E-state index contributed by atoms with van der Waals surface area (Å²) in [5.74, 6) is 1.68. The molecule has 3 rings (SSSR count). The van der Waals surface area contributed by atoms with E-state index in [0.29, 0.717) is 5.95 Å². The average Bonchev–Trinajstić information content (AvgIpc) is 2.60. The summed E-state index contributed by atoms with van der Waals surface area (Å²) in [6.45, 7) is 2.74. The van der Waals surface area contributed by atoms with Crippen molar-refractivity contribution in [3.05, 3.63) is 71.9 Å². The van der Waals surface area contributed by atoms with Gasteiger partial charge in [0.2, 0.25) is 5.95 Å². The van der Waals surface area contributed by atoms with Crippen molar-refractivity contribution in [1.29, 1.82) is 0 Å². The number of anilines is 3. The van der Waals surface area contributed by atoms with Gasteiger partial charge in [-0.15, -0.1) is 0 Å². The van der Waals surface area contributed by atoms with Gasteiger partial charge >= 0.3 is 0 Å². The molecular formula is C19H20N4O. The first-order valence-electron chi connectivity index (χ1n) is 7.88. The van der Waals surface area contributed by atoms with Crippen LogP contribution < -0.4 is 10.6 Å². The van der Waals surface area contributed by atoms with Crippen LogP contribution in [0.1, 0.15) is 11.1 Å². The zero-order chi connectivity index (χ0) is 16.8. The Morgan fingerprint density at radius 1 is 1.00 bits per heavy atom. The summed E-state index contributed by atoms with van der Waals surface area (Å²) in [7, 11) is 0. The maximum absolute atomic E-state index is 9.31. The van der Waals surface area contributed by atoms with Crippen molar-refractivity contribution in [3.63, 3.8) is 0 Å². The molecule has 2 aromatic carbocycles. The minimum Gasteiger partial charge on any atom is -0.508 e. The second kappa shape index (κ2) is 7.46. The molecule has 0 aliphatic heterocycles. The number of rotatable bonds is 6. The topological polar surface area (TPSA) is 70.1 Å². The number of hydrogen-bond donors (Lipinski definition) is 3. The molecule has 122 valence electrons. The van der Waals surface area contributed by atoms with E-state index in [9.17, 15) is 5.11 Å². The highest BCUT2D eigenvalue weighted by Gasteiger charge is 2.04. The van der Waals surface area contributed by atoms with Crippen molar-refractivity contribution in [2.75, 3.05) is 17.2 Å². The van der Waals surface area contributed by atoms with Crippen molar-refractivity contribution in [3.8, 4) is 5.75 Å². The van der Waals surface area contributed by atoms with Crippen LogP contribution >= 0.6 is 0 Å². The third kappa shape index (κ3) is 4.23. The Hall–Kier alpha value is -3.08. The molecule has 0 fully saturated rings. The van der Waals surface area contributed by atoms with Gasteiger partial charge in [-0.05, 0) is 43.2 Å². The molecule has 24 heavy (non-hydrogen) atoms. The molecule has 0 saturated carbocycles. The first-order chi connectivity index (χ1) is 11.7. The van der Waals surface area contributed by atoms with E-state index in [-0.39, 0.29) is 5.75 Å². The van der Waals surface area contributed by atoms with E-state index in [0.717, 1.165) is 35.6 Å². The predicted molar refractivity (Wildman–Crippen MR) is 96.8 cm³/mol. The van der Waals surface area contributed by atoms with Crippen LogP contribution in [0.5, 0.6) is 5.75 Å². The number of aromatic hydroxyl groups is 1. The van der Waals surface area contributed by atoms with Gasteiger partial charge < -0.3 is 15.7 Å². The zero-order valence-electron chi connectivity index (χ0n) is 13.5. The van der Waals surface area contributed by atoms with E-state index in [1.165, 1.54) is 0 Å². The van der Waals surface area contributed by atoms with E-state index in [1.54, 1.807) is 18.3 Å². The first kappa shape index (κ1) is 15.8. The highest BCUT2D eigenvalue weighted by molar-refractivity contribution is 5.55. The fourth-order valence-corrected chi connectivity index (χ4v) is 2.32. The molecule has 0 bridgehead atoms. The molecule has 1 heterocycles. The summed E-state index contributed by atoms with van der Waals surface area (Å²) in [5, 5.41) is 15.9. The molecule has 0 amide bonds. The number of aryl methyl sites for hydroxylation is 1. The number of phenolic OH excluding ortho intramolecular Hbond substituents is 1. The molecule has 1 aromatic heterocycles. The Labute approximate surface area is 141 Å². The monoisotopic (exact) mass is 320 g/mol. The number of nitrogens with zero attached hydrogens (tertiary/aromatic N) is 2. The fourth-order valence-electron chi connectivity index (χ4n) is 2.32. The molecular weight excluding hydrogens is 300 g/mol. The van der Waals surface area contributed by atoms with Crippen LogP contribution in [-0.2, 0) is 6.42 Å². The summed E-state index contributed by atoms with van der Waals surface area (Å²) in [6, 6.07) is 17.1. The van der Waals surface area contributed by atoms with Crippen molar-refractivity contribution in [2.45, 2.75) is 13.3 Å². The number of aromatic nitrogens is 2. The Kier molecular flexibility index (Phi) is 4.91. The lowest BCUT2D eigenvalue weighted by Crippen LogP contribution is -2.09. The molecule has 5 heteroatoms. The normalized spacial score (nSPS) is 10.4. The molecule has 5 nitrogen and oxygen atoms in total. The van der Waals surface area contributed by atoms with Crippen LogP contribution in [0.15, 0.2) is 60.8 Å². The van der Waals surface area contributed by atoms with Gasteiger partial charge in [-0.2, -0.15) is 4.98 Å². The van der Waals surface area contributed by atoms with Crippen molar-refractivity contribution in [2.24, 2.45) is 0 Å². The van der Waals surface area contributed by atoms with Crippen LogP contribution in [0, 0.1) is 6.92 Å². The second-order valence-electron chi connectivity index (χ2n) is 5.56. The van der Waals surface area contributed by atoms with Crippen molar-refractivity contribution < 1.29 is 5.11 Å². The van der Waals surface area contributed by atoms with Gasteiger partial charge in [0.1, 0.15) is 11.6 Å². The summed E-state index contributed by atoms with van der Waals surface area (Å²) < 4.78 is 0. The van der Waals surface area contributed by atoms with E-state index in [1.807, 2.05) is 49.4 Å². The van der Waals surface area contributed by atoms with Gasteiger partial charge in [0.15, 0.2) is 0 Å². The lowest BCUT2D eigenvalue weighted by Gasteiger charge is -2.11. The van der Waals surface area contributed by atoms with E-state index in [2.05, 4.69) is 20.6 Å². The number of hydrogen-bond acceptors (Lipinski definition) is 5. The van der Waals surface area contributed by atoms with E-state index in [4.69, 9.17) is 0 Å².